The van der Waals surface area contributed by atoms with Crippen LogP contribution in [0, 0.1) is 11.3 Å². The molecule has 0 aliphatic heterocycles. The third-order valence-electron chi connectivity index (χ3n) is 2.23. The minimum atomic E-state index is 0.206. The number of aromatic nitrogens is 1. The zero-order valence-electron chi connectivity index (χ0n) is 10.3. The molecular formula is C12H16ClN3O. The first-order valence-corrected chi connectivity index (χ1v) is 5.81. The second-order valence-corrected chi connectivity index (χ2v) is 4.33. The van der Waals surface area contributed by atoms with E-state index in [0.29, 0.717) is 29.6 Å². The number of nitrogens with zero attached hydrogens (tertiary/aromatic N) is 3. The molecule has 0 fully saturated rings. The Bertz CT molecular complexity index is 415. The molecule has 17 heavy (non-hydrogen) atoms. The molecular weight excluding hydrogens is 238 g/mol. The molecule has 1 aromatic rings. The molecule has 0 aliphatic rings. The molecule has 92 valence electrons. The Morgan fingerprint density at radius 3 is 2.88 bits per heavy atom. The highest BCUT2D eigenvalue weighted by molar-refractivity contribution is 6.34. The number of anilines is 1. The van der Waals surface area contributed by atoms with Crippen molar-refractivity contribution in [1.29, 1.82) is 5.26 Å². The summed E-state index contributed by atoms with van der Waals surface area (Å²) in [6, 6.07) is 3.64. The van der Waals surface area contributed by atoms with Gasteiger partial charge < -0.3 is 9.64 Å². The van der Waals surface area contributed by atoms with E-state index in [0.717, 1.165) is 0 Å². The van der Waals surface area contributed by atoms with Gasteiger partial charge in [0.05, 0.1) is 18.3 Å². The van der Waals surface area contributed by atoms with Crippen molar-refractivity contribution in [2.45, 2.75) is 20.0 Å². The van der Waals surface area contributed by atoms with Crippen LogP contribution in [0.1, 0.15) is 19.4 Å². The Balaban J connectivity index is 2.69. The van der Waals surface area contributed by atoms with Crippen molar-refractivity contribution in [3.8, 4) is 6.07 Å². The van der Waals surface area contributed by atoms with Gasteiger partial charge in [-0.05, 0) is 19.9 Å². The molecule has 1 rings (SSSR count). The molecule has 0 atom stereocenters. The summed E-state index contributed by atoms with van der Waals surface area (Å²) in [7, 11) is 1.87. The molecule has 0 saturated heterocycles. The highest BCUT2D eigenvalue weighted by Gasteiger charge is 2.11. The number of ether oxygens (including phenoxy) is 1. The van der Waals surface area contributed by atoms with Crippen molar-refractivity contribution in [2.75, 3.05) is 25.1 Å². The van der Waals surface area contributed by atoms with Gasteiger partial charge in [0.2, 0.25) is 0 Å². The normalized spacial score (nSPS) is 10.4. The molecule has 0 unspecified atom stereocenters. The van der Waals surface area contributed by atoms with Crippen molar-refractivity contribution in [3.63, 3.8) is 0 Å². The van der Waals surface area contributed by atoms with Crippen LogP contribution in [0.5, 0.6) is 0 Å². The lowest BCUT2D eigenvalue weighted by atomic mass is 10.3. The highest BCUT2D eigenvalue weighted by atomic mass is 35.5. The molecule has 4 nitrogen and oxygen atoms in total. The van der Waals surface area contributed by atoms with E-state index in [4.69, 9.17) is 21.6 Å². The van der Waals surface area contributed by atoms with Gasteiger partial charge >= 0.3 is 0 Å². The Labute approximate surface area is 107 Å². The van der Waals surface area contributed by atoms with Crippen molar-refractivity contribution in [3.05, 3.63) is 22.8 Å². The van der Waals surface area contributed by atoms with E-state index < -0.39 is 0 Å². The summed E-state index contributed by atoms with van der Waals surface area (Å²) in [6.45, 7) is 5.26. The molecule has 0 bridgehead atoms. The largest absolute Gasteiger partial charge is 0.377 e. The van der Waals surface area contributed by atoms with Gasteiger partial charge in [-0.1, -0.05) is 11.6 Å². The number of likely N-dealkylation sites (N-methyl/N-ethyl adjacent to an activating group) is 1. The summed E-state index contributed by atoms with van der Waals surface area (Å²) in [6.07, 6.45) is 1.79. The van der Waals surface area contributed by atoms with Crippen molar-refractivity contribution in [2.24, 2.45) is 0 Å². The first kappa shape index (κ1) is 13.8. The lowest BCUT2D eigenvalue weighted by molar-refractivity contribution is 0.0845. The van der Waals surface area contributed by atoms with Crippen molar-refractivity contribution in [1.82, 2.24) is 4.98 Å². The number of hydrogen-bond donors (Lipinski definition) is 0. The SMILES string of the molecule is CC(C)OCCN(C)c1nccc(C#N)c1Cl. The maximum atomic E-state index is 8.87. The maximum absolute atomic E-state index is 8.87. The van der Waals surface area contributed by atoms with E-state index >= 15 is 0 Å². The highest BCUT2D eigenvalue weighted by Crippen LogP contribution is 2.25. The topological polar surface area (TPSA) is 49.1 Å². The molecule has 0 spiro atoms. The van der Waals surface area contributed by atoms with E-state index in [1.807, 2.05) is 31.9 Å². The minimum absolute atomic E-state index is 0.206. The van der Waals surface area contributed by atoms with Gasteiger partial charge in [0.1, 0.15) is 16.9 Å². The number of halogens is 1. The van der Waals surface area contributed by atoms with Crippen LogP contribution >= 0.6 is 11.6 Å². The van der Waals surface area contributed by atoms with Gasteiger partial charge in [-0.3, -0.25) is 0 Å². The van der Waals surface area contributed by atoms with Crippen LogP contribution in [0.2, 0.25) is 5.02 Å². The lowest BCUT2D eigenvalue weighted by Crippen LogP contribution is -2.25. The summed E-state index contributed by atoms with van der Waals surface area (Å²) in [5.74, 6) is 0.609. The smallest absolute Gasteiger partial charge is 0.148 e. The summed E-state index contributed by atoms with van der Waals surface area (Å²) in [4.78, 5) is 6.05. The summed E-state index contributed by atoms with van der Waals surface area (Å²) >= 11 is 6.08. The first-order chi connectivity index (χ1) is 8.06. The fourth-order valence-electron chi connectivity index (χ4n) is 1.32. The van der Waals surface area contributed by atoms with Crippen molar-refractivity contribution < 1.29 is 4.74 Å². The van der Waals surface area contributed by atoms with E-state index in [-0.39, 0.29) is 6.10 Å². The van der Waals surface area contributed by atoms with Gasteiger partial charge in [-0.15, -0.1) is 0 Å². The van der Waals surface area contributed by atoms with E-state index in [2.05, 4.69) is 4.98 Å². The van der Waals surface area contributed by atoms with Gasteiger partial charge in [-0.25, -0.2) is 4.98 Å². The molecule has 1 aromatic heterocycles. The van der Waals surface area contributed by atoms with Crippen LogP contribution in [0.3, 0.4) is 0 Å². The molecule has 1 heterocycles. The van der Waals surface area contributed by atoms with Gasteiger partial charge in [0, 0.05) is 19.8 Å². The van der Waals surface area contributed by atoms with Crippen molar-refractivity contribution >= 4 is 17.4 Å². The van der Waals surface area contributed by atoms with Gasteiger partial charge in [0.25, 0.3) is 0 Å². The molecule has 5 heteroatoms. The zero-order chi connectivity index (χ0) is 12.8. The van der Waals surface area contributed by atoms with E-state index in [1.54, 1.807) is 12.3 Å². The van der Waals surface area contributed by atoms with Crippen LogP contribution in [-0.4, -0.2) is 31.3 Å². The standard InChI is InChI=1S/C12H16ClN3O/c1-9(2)17-7-6-16(3)12-11(13)10(8-14)4-5-15-12/h4-5,9H,6-7H2,1-3H3. The maximum Gasteiger partial charge on any atom is 0.148 e. The van der Waals surface area contributed by atoms with Crippen LogP contribution in [0.15, 0.2) is 12.3 Å². The van der Waals surface area contributed by atoms with E-state index in [1.165, 1.54) is 0 Å². The predicted molar refractivity (Wildman–Crippen MR) is 68.3 cm³/mol. The number of nitriles is 1. The van der Waals surface area contributed by atoms with Gasteiger partial charge in [-0.2, -0.15) is 5.26 Å². The Hall–Kier alpha value is -1.31. The zero-order valence-corrected chi connectivity index (χ0v) is 11.0. The Morgan fingerprint density at radius 1 is 1.59 bits per heavy atom. The molecule has 0 amide bonds. The second-order valence-electron chi connectivity index (χ2n) is 3.95. The Kier molecular flexibility index (Phi) is 5.20. The van der Waals surface area contributed by atoms with Crippen LogP contribution in [0.4, 0.5) is 5.82 Å². The fourth-order valence-corrected chi connectivity index (χ4v) is 1.61. The number of rotatable bonds is 5. The predicted octanol–water partition coefficient (Wildman–Crippen LogP) is 2.47. The molecule has 0 aliphatic carbocycles. The lowest BCUT2D eigenvalue weighted by Gasteiger charge is -2.20. The monoisotopic (exact) mass is 253 g/mol. The Morgan fingerprint density at radius 2 is 2.29 bits per heavy atom. The summed E-state index contributed by atoms with van der Waals surface area (Å²) in [5, 5.41) is 9.26. The third kappa shape index (κ3) is 3.88. The molecule has 0 aromatic carbocycles. The first-order valence-electron chi connectivity index (χ1n) is 5.43. The average molecular weight is 254 g/mol. The third-order valence-corrected chi connectivity index (χ3v) is 2.60. The van der Waals surface area contributed by atoms with Gasteiger partial charge in [0.15, 0.2) is 0 Å². The quantitative estimate of drug-likeness (QED) is 0.809. The van der Waals surface area contributed by atoms with Crippen LogP contribution in [0.25, 0.3) is 0 Å². The van der Waals surface area contributed by atoms with Crippen LogP contribution in [-0.2, 0) is 4.74 Å². The minimum Gasteiger partial charge on any atom is -0.377 e. The summed E-state index contributed by atoms with van der Waals surface area (Å²) in [5.41, 5.74) is 0.438. The second kappa shape index (κ2) is 6.43. The molecule has 0 N–H and O–H groups in total. The molecule has 0 radical (unpaired) electrons. The summed E-state index contributed by atoms with van der Waals surface area (Å²) < 4.78 is 5.45. The van der Waals surface area contributed by atoms with E-state index in [9.17, 15) is 0 Å². The fraction of sp³-hybridized carbons (Fsp3) is 0.500. The average Bonchev–Trinajstić information content (AvgIpc) is 2.28. The van der Waals surface area contributed by atoms with Crippen LogP contribution < -0.4 is 4.90 Å². The number of hydrogen-bond acceptors (Lipinski definition) is 4. The number of pyridine rings is 1. The molecule has 0 saturated carbocycles.